The number of pyridine rings is 1. The molecule has 0 aliphatic heterocycles. The first-order chi connectivity index (χ1) is 6.73. The molecule has 1 nitrogen and oxygen atoms in total. The predicted molar refractivity (Wildman–Crippen MR) is 73.7 cm³/mol. The van der Waals surface area contributed by atoms with Gasteiger partial charge >= 0.3 is 0 Å². The van der Waals surface area contributed by atoms with Crippen molar-refractivity contribution in [1.82, 2.24) is 4.98 Å². The molecule has 15 heavy (non-hydrogen) atoms. The summed E-state index contributed by atoms with van der Waals surface area (Å²) in [5.74, 6) is 0. The number of hydrogen-bond acceptors (Lipinski definition) is 1. The molecule has 0 radical (unpaired) electrons. The van der Waals surface area contributed by atoms with Gasteiger partial charge in [-0.05, 0) is 17.3 Å². The summed E-state index contributed by atoms with van der Waals surface area (Å²) in [7, 11) is -2.33. The van der Waals surface area contributed by atoms with Crippen molar-refractivity contribution in [2.45, 2.75) is 44.4 Å². The zero-order valence-corrected chi connectivity index (χ0v) is 12.8. The van der Waals surface area contributed by atoms with Crippen molar-refractivity contribution in [3.63, 3.8) is 0 Å². The average molecular weight is 237 g/mol. The van der Waals surface area contributed by atoms with E-state index in [0.29, 0.717) is 0 Å². The van der Waals surface area contributed by atoms with Gasteiger partial charge in [0.15, 0.2) is 0 Å². The van der Waals surface area contributed by atoms with Gasteiger partial charge < -0.3 is 0 Å². The van der Waals surface area contributed by atoms with Crippen LogP contribution in [0.3, 0.4) is 0 Å². The Morgan fingerprint density at radius 3 is 1.80 bits per heavy atom. The lowest BCUT2D eigenvalue weighted by Gasteiger charge is -2.37. The average Bonchev–Trinajstić information content (AvgIpc) is 2.00. The molecule has 0 N–H and O–H groups in total. The first kappa shape index (κ1) is 12.7. The minimum absolute atomic E-state index is 0.756. The highest BCUT2D eigenvalue weighted by Crippen LogP contribution is 2.34. The molecule has 1 aromatic heterocycles. The fourth-order valence-corrected chi connectivity index (χ4v) is 15.2. The second-order valence-corrected chi connectivity index (χ2v) is 17.6. The van der Waals surface area contributed by atoms with Gasteiger partial charge in [-0.15, -0.1) is 0 Å². The van der Waals surface area contributed by atoms with Crippen LogP contribution in [0, 0.1) is 0 Å². The molecule has 1 heterocycles. The van der Waals surface area contributed by atoms with E-state index >= 15 is 0 Å². The minimum atomic E-state index is -1.16. The first-order valence-electron chi connectivity index (χ1n) is 5.64. The Morgan fingerprint density at radius 2 is 1.47 bits per heavy atom. The second kappa shape index (κ2) is 4.22. The van der Waals surface area contributed by atoms with Gasteiger partial charge in [-0.1, -0.05) is 45.3 Å². The Hall–Kier alpha value is -0.416. The van der Waals surface area contributed by atoms with E-state index in [0.717, 1.165) is 5.16 Å². The monoisotopic (exact) mass is 237 g/mol. The summed E-state index contributed by atoms with van der Waals surface area (Å²) in [4.78, 5) is 4.58. The van der Waals surface area contributed by atoms with E-state index in [4.69, 9.17) is 0 Å². The molecule has 0 aliphatic rings. The van der Waals surface area contributed by atoms with Gasteiger partial charge in [-0.3, -0.25) is 4.98 Å². The van der Waals surface area contributed by atoms with Crippen molar-refractivity contribution >= 4 is 16.1 Å². The maximum Gasteiger partial charge on any atom is 0.0513 e. The maximum absolute atomic E-state index is 4.58. The molecule has 0 saturated heterocycles. The Balaban J connectivity index is 3.15. The van der Waals surface area contributed by atoms with Gasteiger partial charge in [0, 0.05) is 11.9 Å². The molecular formula is C12H23NSi2. The van der Waals surface area contributed by atoms with Crippen molar-refractivity contribution in [1.29, 1.82) is 0 Å². The molecule has 0 spiro atoms. The molecule has 3 heteroatoms. The zero-order valence-electron chi connectivity index (χ0n) is 10.8. The summed E-state index contributed by atoms with van der Waals surface area (Å²) >= 11 is 0. The first-order valence-corrected chi connectivity index (χ1v) is 12.8. The standard InChI is InChI=1S/C12H23NSi2/c1-14(2,3)12(15(4,5)6)11-9-7-8-10-13-11/h7-10,12H,1-6H3. The van der Waals surface area contributed by atoms with E-state index < -0.39 is 16.1 Å². The highest BCUT2D eigenvalue weighted by molar-refractivity contribution is 6.96. The molecule has 0 saturated carbocycles. The molecule has 84 valence electrons. The van der Waals surface area contributed by atoms with Crippen molar-refractivity contribution in [2.24, 2.45) is 0 Å². The molecule has 1 aromatic rings. The Morgan fingerprint density at radius 1 is 0.933 bits per heavy atom. The topological polar surface area (TPSA) is 12.9 Å². The van der Waals surface area contributed by atoms with Crippen LogP contribution in [0.2, 0.25) is 39.3 Å². The number of nitrogens with zero attached hydrogens (tertiary/aromatic N) is 1. The molecular weight excluding hydrogens is 214 g/mol. The molecule has 0 aliphatic carbocycles. The maximum atomic E-state index is 4.58. The van der Waals surface area contributed by atoms with Crippen molar-refractivity contribution in [3.05, 3.63) is 30.1 Å². The number of hydrogen-bond donors (Lipinski definition) is 0. The molecule has 0 aromatic carbocycles. The fourth-order valence-electron chi connectivity index (χ4n) is 2.73. The molecule has 0 amide bonds. The second-order valence-electron chi connectivity index (χ2n) is 6.42. The third-order valence-corrected chi connectivity index (χ3v) is 12.0. The minimum Gasteiger partial charge on any atom is -0.262 e. The van der Waals surface area contributed by atoms with Crippen LogP contribution in [0.4, 0.5) is 0 Å². The lowest BCUT2D eigenvalue weighted by Crippen LogP contribution is -2.46. The summed E-state index contributed by atoms with van der Waals surface area (Å²) in [6, 6.07) is 6.34. The Labute approximate surface area is 96.0 Å². The van der Waals surface area contributed by atoms with Gasteiger partial charge in [-0.2, -0.15) is 0 Å². The lowest BCUT2D eigenvalue weighted by atomic mass is 10.4. The van der Waals surface area contributed by atoms with Crippen LogP contribution in [0.15, 0.2) is 24.4 Å². The Bertz CT molecular complexity index is 295. The van der Waals surface area contributed by atoms with Crippen LogP contribution in [-0.4, -0.2) is 21.1 Å². The van der Waals surface area contributed by atoms with E-state index in [9.17, 15) is 0 Å². The van der Waals surface area contributed by atoms with E-state index in [1.165, 1.54) is 5.69 Å². The quantitative estimate of drug-likeness (QED) is 0.726. The highest BCUT2D eigenvalue weighted by Gasteiger charge is 2.39. The molecule has 0 unspecified atom stereocenters. The number of aromatic nitrogens is 1. The summed E-state index contributed by atoms with van der Waals surface area (Å²) in [6.45, 7) is 14.8. The molecule has 0 bridgehead atoms. The van der Waals surface area contributed by atoms with Crippen LogP contribution >= 0.6 is 0 Å². The predicted octanol–water partition coefficient (Wildman–Crippen LogP) is 3.92. The smallest absolute Gasteiger partial charge is 0.0513 e. The van der Waals surface area contributed by atoms with E-state index in [1.807, 2.05) is 12.3 Å². The molecule has 0 fully saturated rings. The lowest BCUT2D eigenvalue weighted by molar-refractivity contribution is 1.06. The summed E-state index contributed by atoms with van der Waals surface area (Å²) in [5.41, 5.74) is 1.33. The SMILES string of the molecule is C[Si](C)(C)C(c1ccccn1)[Si](C)(C)C. The largest absolute Gasteiger partial charge is 0.262 e. The molecule has 1 rings (SSSR count). The highest BCUT2D eigenvalue weighted by atomic mass is 28.4. The fraction of sp³-hybridized carbons (Fsp3) is 0.583. The van der Waals surface area contributed by atoms with Crippen LogP contribution in [-0.2, 0) is 0 Å². The van der Waals surface area contributed by atoms with Gasteiger partial charge in [0.1, 0.15) is 0 Å². The third-order valence-electron chi connectivity index (χ3n) is 2.72. The van der Waals surface area contributed by atoms with Gasteiger partial charge in [-0.25, -0.2) is 0 Å². The van der Waals surface area contributed by atoms with Crippen LogP contribution in [0.1, 0.15) is 10.9 Å². The Kier molecular flexibility index (Phi) is 3.56. The van der Waals surface area contributed by atoms with Crippen LogP contribution < -0.4 is 0 Å². The van der Waals surface area contributed by atoms with Gasteiger partial charge in [0.2, 0.25) is 0 Å². The third kappa shape index (κ3) is 3.28. The van der Waals surface area contributed by atoms with Crippen molar-refractivity contribution in [3.8, 4) is 0 Å². The normalized spacial score (nSPS) is 13.3. The van der Waals surface area contributed by atoms with Crippen LogP contribution in [0.25, 0.3) is 0 Å². The van der Waals surface area contributed by atoms with Gasteiger partial charge in [0.25, 0.3) is 0 Å². The van der Waals surface area contributed by atoms with Crippen molar-refractivity contribution in [2.75, 3.05) is 0 Å². The van der Waals surface area contributed by atoms with Crippen molar-refractivity contribution < 1.29 is 0 Å². The van der Waals surface area contributed by atoms with Gasteiger partial charge in [0.05, 0.1) is 16.1 Å². The molecule has 0 atom stereocenters. The zero-order chi connectivity index (χ0) is 11.7. The van der Waals surface area contributed by atoms with Crippen LogP contribution in [0.5, 0.6) is 0 Å². The van der Waals surface area contributed by atoms with E-state index in [2.05, 4.69) is 56.4 Å². The summed E-state index contributed by atoms with van der Waals surface area (Å²) < 4.78 is 0. The summed E-state index contributed by atoms with van der Waals surface area (Å²) in [6.07, 6.45) is 1.93. The van der Waals surface area contributed by atoms with E-state index in [-0.39, 0.29) is 0 Å². The summed E-state index contributed by atoms with van der Waals surface area (Å²) in [5, 5.41) is 0.756. The number of rotatable bonds is 3. The van der Waals surface area contributed by atoms with E-state index in [1.54, 1.807) is 0 Å².